The summed E-state index contributed by atoms with van der Waals surface area (Å²) in [5.41, 5.74) is 1.96. The van der Waals surface area contributed by atoms with Gasteiger partial charge in [-0.3, -0.25) is 9.59 Å². The minimum absolute atomic E-state index is 0.272. The molecule has 0 saturated heterocycles. The van der Waals surface area contributed by atoms with Crippen LogP contribution in [0.25, 0.3) is 0 Å². The summed E-state index contributed by atoms with van der Waals surface area (Å²) in [7, 11) is 1.55. The van der Waals surface area contributed by atoms with E-state index in [1.54, 1.807) is 49.6 Å². The van der Waals surface area contributed by atoms with Crippen LogP contribution in [-0.4, -0.2) is 18.9 Å². The van der Waals surface area contributed by atoms with Crippen LogP contribution >= 0.6 is 15.9 Å². The summed E-state index contributed by atoms with van der Waals surface area (Å²) in [5.74, 6) is -0.385. The molecule has 142 valence electrons. The Kier molecular flexibility index (Phi) is 6.06. The number of amides is 2. The van der Waals surface area contributed by atoms with Gasteiger partial charge in [-0.15, -0.1) is 0 Å². The van der Waals surface area contributed by atoms with E-state index in [1.807, 2.05) is 0 Å². The predicted molar refractivity (Wildman–Crippen MR) is 109 cm³/mol. The summed E-state index contributed by atoms with van der Waals surface area (Å²) >= 11 is 3.35. The van der Waals surface area contributed by atoms with E-state index in [-0.39, 0.29) is 11.8 Å². The van der Waals surface area contributed by atoms with E-state index < -0.39 is 5.82 Å². The fourth-order valence-electron chi connectivity index (χ4n) is 2.45. The molecule has 0 bridgehead atoms. The zero-order valence-corrected chi connectivity index (χ0v) is 16.4. The van der Waals surface area contributed by atoms with Crippen molar-refractivity contribution in [1.82, 2.24) is 0 Å². The third-order valence-electron chi connectivity index (χ3n) is 3.92. The van der Waals surface area contributed by atoms with Gasteiger partial charge >= 0.3 is 0 Å². The number of ether oxygens (including phenoxy) is 1. The van der Waals surface area contributed by atoms with Crippen LogP contribution in [0, 0.1) is 5.82 Å². The summed E-state index contributed by atoms with van der Waals surface area (Å²) in [6, 6.07) is 17.0. The van der Waals surface area contributed by atoms with Gasteiger partial charge in [0, 0.05) is 22.5 Å². The molecule has 0 aromatic heterocycles. The number of hydrogen-bond donors (Lipinski definition) is 2. The zero-order valence-electron chi connectivity index (χ0n) is 14.8. The van der Waals surface area contributed by atoms with Gasteiger partial charge in [0.1, 0.15) is 11.6 Å². The number of carbonyl (C=O) groups excluding carboxylic acids is 2. The Hall–Kier alpha value is -3.19. The summed E-state index contributed by atoms with van der Waals surface area (Å²) in [5, 5.41) is 5.50. The van der Waals surface area contributed by atoms with Gasteiger partial charge in [-0.2, -0.15) is 0 Å². The predicted octanol–water partition coefficient (Wildman–Crippen LogP) is 5.10. The topological polar surface area (TPSA) is 67.4 Å². The maximum atomic E-state index is 12.9. The van der Waals surface area contributed by atoms with Gasteiger partial charge in [0.05, 0.1) is 11.6 Å². The highest BCUT2D eigenvalue weighted by molar-refractivity contribution is 9.10. The normalized spacial score (nSPS) is 10.2. The van der Waals surface area contributed by atoms with Gasteiger partial charge in [0.25, 0.3) is 11.8 Å². The molecule has 0 saturated carbocycles. The Balaban J connectivity index is 1.64. The molecular formula is C21H16BrFN2O3. The summed E-state index contributed by atoms with van der Waals surface area (Å²) in [6.07, 6.45) is 0. The Labute approximate surface area is 169 Å². The van der Waals surface area contributed by atoms with Gasteiger partial charge < -0.3 is 15.4 Å². The van der Waals surface area contributed by atoms with Gasteiger partial charge in [-0.05, 0) is 82.7 Å². The first-order valence-corrected chi connectivity index (χ1v) is 9.07. The Morgan fingerprint density at radius 1 is 0.821 bits per heavy atom. The average molecular weight is 443 g/mol. The minimum atomic E-state index is -0.402. The summed E-state index contributed by atoms with van der Waals surface area (Å²) < 4.78 is 18.8. The maximum absolute atomic E-state index is 12.9. The molecule has 5 nitrogen and oxygen atoms in total. The number of benzene rings is 3. The van der Waals surface area contributed by atoms with Crippen LogP contribution in [0.4, 0.5) is 15.8 Å². The molecule has 2 N–H and O–H groups in total. The van der Waals surface area contributed by atoms with Crippen molar-refractivity contribution >= 4 is 39.1 Å². The molecule has 0 fully saturated rings. The van der Waals surface area contributed by atoms with Crippen LogP contribution in [0.15, 0.2) is 71.2 Å². The second-order valence-corrected chi connectivity index (χ2v) is 6.70. The third-order valence-corrected chi connectivity index (χ3v) is 4.54. The molecule has 0 aliphatic heterocycles. The van der Waals surface area contributed by atoms with E-state index in [2.05, 4.69) is 26.6 Å². The number of hydrogen-bond acceptors (Lipinski definition) is 3. The Bertz CT molecular complexity index is 1010. The monoisotopic (exact) mass is 442 g/mol. The summed E-state index contributed by atoms with van der Waals surface area (Å²) in [6.45, 7) is 0. The number of rotatable bonds is 5. The Morgan fingerprint density at radius 3 is 1.82 bits per heavy atom. The molecule has 0 aliphatic carbocycles. The number of methoxy groups -OCH3 is 1. The lowest BCUT2D eigenvalue weighted by atomic mass is 10.2. The molecule has 3 rings (SSSR count). The molecule has 0 atom stereocenters. The first-order valence-electron chi connectivity index (χ1n) is 8.28. The molecule has 28 heavy (non-hydrogen) atoms. The second-order valence-electron chi connectivity index (χ2n) is 5.84. The number of halogens is 2. The molecule has 2 amide bonds. The van der Waals surface area contributed by atoms with Crippen molar-refractivity contribution < 1.29 is 18.7 Å². The van der Waals surface area contributed by atoms with Gasteiger partial charge in [-0.25, -0.2) is 4.39 Å². The highest BCUT2D eigenvalue weighted by Crippen LogP contribution is 2.26. The van der Waals surface area contributed by atoms with Crippen molar-refractivity contribution in [1.29, 1.82) is 0 Å². The van der Waals surface area contributed by atoms with E-state index in [0.29, 0.717) is 32.7 Å². The molecule has 7 heteroatoms. The standard InChI is InChI=1S/C21H16BrFN2O3/c1-28-19-11-4-14(12-18(19)22)21(27)25-17-9-7-16(8-10-17)24-20(26)13-2-5-15(23)6-3-13/h2-12H,1H3,(H,24,26)(H,25,27). The van der Waals surface area contributed by atoms with Crippen molar-refractivity contribution in [3.63, 3.8) is 0 Å². The third kappa shape index (κ3) is 4.75. The number of nitrogens with one attached hydrogen (secondary N) is 2. The first-order chi connectivity index (χ1) is 13.5. The molecule has 0 radical (unpaired) electrons. The average Bonchev–Trinajstić information content (AvgIpc) is 2.69. The van der Waals surface area contributed by atoms with Crippen LogP contribution in [0.3, 0.4) is 0 Å². The smallest absolute Gasteiger partial charge is 0.255 e. The molecular weight excluding hydrogens is 427 g/mol. The van der Waals surface area contributed by atoms with Crippen molar-refractivity contribution in [2.45, 2.75) is 0 Å². The van der Waals surface area contributed by atoms with Gasteiger partial charge in [-0.1, -0.05) is 0 Å². The lowest BCUT2D eigenvalue weighted by Gasteiger charge is -2.09. The lowest BCUT2D eigenvalue weighted by Crippen LogP contribution is -2.13. The van der Waals surface area contributed by atoms with Crippen LogP contribution < -0.4 is 15.4 Å². The lowest BCUT2D eigenvalue weighted by molar-refractivity contribution is 0.101. The molecule has 3 aromatic rings. The fraction of sp³-hybridized carbons (Fsp3) is 0.0476. The van der Waals surface area contributed by atoms with Gasteiger partial charge in [0.15, 0.2) is 0 Å². The fourth-order valence-corrected chi connectivity index (χ4v) is 2.99. The van der Waals surface area contributed by atoms with E-state index in [4.69, 9.17) is 4.74 Å². The van der Waals surface area contributed by atoms with Crippen LogP contribution in [0.5, 0.6) is 5.75 Å². The van der Waals surface area contributed by atoms with E-state index in [0.717, 1.165) is 0 Å². The molecule has 3 aromatic carbocycles. The SMILES string of the molecule is COc1ccc(C(=O)Nc2ccc(NC(=O)c3ccc(F)cc3)cc2)cc1Br. The molecule has 0 heterocycles. The van der Waals surface area contributed by atoms with Crippen molar-refractivity contribution in [3.8, 4) is 5.75 Å². The van der Waals surface area contributed by atoms with E-state index >= 15 is 0 Å². The maximum Gasteiger partial charge on any atom is 0.255 e. The van der Waals surface area contributed by atoms with Crippen molar-refractivity contribution in [2.75, 3.05) is 17.7 Å². The van der Waals surface area contributed by atoms with Crippen molar-refractivity contribution in [3.05, 3.63) is 88.1 Å². The number of carbonyl (C=O) groups is 2. The molecule has 0 unspecified atom stereocenters. The van der Waals surface area contributed by atoms with Crippen LogP contribution in [-0.2, 0) is 0 Å². The van der Waals surface area contributed by atoms with E-state index in [1.165, 1.54) is 24.3 Å². The van der Waals surface area contributed by atoms with Crippen LogP contribution in [0.1, 0.15) is 20.7 Å². The first kappa shape index (κ1) is 19.6. The minimum Gasteiger partial charge on any atom is -0.496 e. The van der Waals surface area contributed by atoms with Crippen molar-refractivity contribution in [2.24, 2.45) is 0 Å². The van der Waals surface area contributed by atoms with Crippen LogP contribution in [0.2, 0.25) is 0 Å². The highest BCUT2D eigenvalue weighted by Gasteiger charge is 2.10. The van der Waals surface area contributed by atoms with Gasteiger partial charge in [0.2, 0.25) is 0 Å². The highest BCUT2D eigenvalue weighted by atomic mass is 79.9. The van der Waals surface area contributed by atoms with E-state index in [9.17, 15) is 14.0 Å². The second kappa shape index (κ2) is 8.67. The number of anilines is 2. The molecule has 0 aliphatic rings. The quantitative estimate of drug-likeness (QED) is 0.577. The molecule has 0 spiro atoms. The summed E-state index contributed by atoms with van der Waals surface area (Å²) in [4.78, 5) is 24.5. The Morgan fingerprint density at radius 2 is 1.32 bits per heavy atom. The zero-order chi connectivity index (χ0) is 20.1. The largest absolute Gasteiger partial charge is 0.496 e.